The molecule has 2 aromatic rings. The molecular weight excluding hydrogens is 308 g/mol. The highest BCUT2D eigenvalue weighted by Gasteiger charge is 2.09. The minimum atomic E-state index is -0.158. The lowest BCUT2D eigenvalue weighted by Gasteiger charge is -2.21. The van der Waals surface area contributed by atoms with Crippen molar-refractivity contribution in [3.05, 3.63) is 60.2 Å². The van der Waals surface area contributed by atoms with Gasteiger partial charge in [-0.3, -0.25) is 4.79 Å². The summed E-state index contributed by atoms with van der Waals surface area (Å²) in [6, 6.07) is 16.3. The highest BCUT2D eigenvalue weighted by molar-refractivity contribution is 7.80. The first-order chi connectivity index (χ1) is 11.1. The molecule has 0 aliphatic carbocycles. The predicted molar refractivity (Wildman–Crippen MR) is 97.0 cm³/mol. The third-order valence-electron chi connectivity index (χ3n) is 3.37. The van der Waals surface area contributed by atoms with Gasteiger partial charge in [-0.25, -0.2) is 0 Å². The minimum absolute atomic E-state index is 0.158. The molecule has 0 saturated heterocycles. The third kappa shape index (κ3) is 4.79. The van der Waals surface area contributed by atoms with Crippen molar-refractivity contribution in [3.8, 4) is 5.75 Å². The average Bonchev–Trinajstić information content (AvgIpc) is 2.57. The van der Waals surface area contributed by atoms with Crippen LogP contribution in [-0.4, -0.2) is 29.1 Å². The quantitative estimate of drug-likeness (QED) is 0.844. The molecule has 0 saturated carbocycles. The van der Waals surface area contributed by atoms with Crippen LogP contribution in [0.15, 0.2) is 54.6 Å². The van der Waals surface area contributed by atoms with Gasteiger partial charge in [-0.15, -0.1) is 0 Å². The van der Waals surface area contributed by atoms with Gasteiger partial charge in [0.1, 0.15) is 5.75 Å². The van der Waals surface area contributed by atoms with Gasteiger partial charge in [0.2, 0.25) is 0 Å². The van der Waals surface area contributed by atoms with E-state index >= 15 is 0 Å². The fourth-order valence-electron chi connectivity index (χ4n) is 2.05. The van der Waals surface area contributed by atoms with Crippen LogP contribution < -0.4 is 10.1 Å². The van der Waals surface area contributed by atoms with E-state index in [1.807, 2.05) is 49.1 Å². The van der Waals surface area contributed by atoms with E-state index in [0.717, 1.165) is 18.8 Å². The molecule has 23 heavy (non-hydrogen) atoms. The summed E-state index contributed by atoms with van der Waals surface area (Å²) in [7, 11) is 0. The van der Waals surface area contributed by atoms with Crippen molar-refractivity contribution in [3.63, 3.8) is 0 Å². The Morgan fingerprint density at radius 1 is 1.04 bits per heavy atom. The zero-order chi connectivity index (χ0) is 16.7. The molecule has 4 nitrogen and oxygen atoms in total. The second-order valence-corrected chi connectivity index (χ2v) is 5.23. The van der Waals surface area contributed by atoms with E-state index in [1.54, 1.807) is 24.3 Å². The Kier molecular flexibility index (Phi) is 6.11. The second-order valence-electron chi connectivity index (χ2n) is 4.88. The zero-order valence-electron chi connectivity index (χ0n) is 13.3. The molecule has 0 aliphatic heterocycles. The summed E-state index contributed by atoms with van der Waals surface area (Å²) in [4.78, 5) is 14.1. The smallest absolute Gasteiger partial charge is 0.264 e. The van der Waals surface area contributed by atoms with Crippen molar-refractivity contribution in [2.45, 2.75) is 13.8 Å². The number of carbonyl (C=O) groups is 1. The lowest BCUT2D eigenvalue weighted by atomic mass is 10.2. The van der Waals surface area contributed by atoms with Gasteiger partial charge in [0, 0.05) is 24.3 Å². The number of benzene rings is 2. The van der Waals surface area contributed by atoms with Gasteiger partial charge in [0.05, 0.1) is 0 Å². The Bertz CT molecular complexity index is 652. The molecule has 0 heterocycles. The first kappa shape index (κ1) is 17.0. The topological polar surface area (TPSA) is 41.6 Å². The molecule has 0 radical (unpaired) electrons. The van der Waals surface area contributed by atoms with Crippen LogP contribution in [0, 0.1) is 0 Å². The first-order valence-electron chi connectivity index (χ1n) is 7.57. The fraction of sp³-hybridized carbons (Fsp3) is 0.222. The molecule has 1 N–H and O–H groups in total. The number of thiocarbonyl (C=S) groups is 1. The van der Waals surface area contributed by atoms with Gasteiger partial charge in [0.25, 0.3) is 11.1 Å². The summed E-state index contributed by atoms with van der Waals surface area (Å²) >= 11 is 5.25. The van der Waals surface area contributed by atoms with Crippen LogP contribution >= 0.6 is 12.2 Å². The molecule has 120 valence electrons. The van der Waals surface area contributed by atoms with E-state index in [2.05, 4.69) is 5.32 Å². The van der Waals surface area contributed by atoms with Gasteiger partial charge >= 0.3 is 0 Å². The van der Waals surface area contributed by atoms with Crippen LogP contribution in [0.3, 0.4) is 0 Å². The van der Waals surface area contributed by atoms with E-state index in [4.69, 9.17) is 17.0 Å². The molecule has 0 spiro atoms. The molecule has 0 atom stereocenters. The number of hydrogen-bond donors (Lipinski definition) is 1. The highest BCUT2D eigenvalue weighted by atomic mass is 32.1. The third-order valence-corrected chi connectivity index (χ3v) is 3.72. The fourth-order valence-corrected chi connectivity index (χ4v) is 2.40. The number of nitrogens with zero attached hydrogens (tertiary/aromatic N) is 1. The van der Waals surface area contributed by atoms with Crippen molar-refractivity contribution < 1.29 is 9.53 Å². The van der Waals surface area contributed by atoms with Gasteiger partial charge in [-0.1, -0.05) is 18.2 Å². The van der Waals surface area contributed by atoms with E-state index in [1.165, 1.54) is 0 Å². The van der Waals surface area contributed by atoms with Crippen LogP contribution in [0.25, 0.3) is 0 Å². The van der Waals surface area contributed by atoms with Crippen LogP contribution in [0.1, 0.15) is 24.2 Å². The summed E-state index contributed by atoms with van der Waals surface area (Å²) in [6.45, 7) is 5.64. The largest absolute Gasteiger partial charge is 0.432 e. The van der Waals surface area contributed by atoms with E-state index in [0.29, 0.717) is 16.5 Å². The molecule has 0 aliphatic rings. The lowest BCUT2D eigenvalue weighted by Crippen LogP contribution is -2.32. The average molecular weight is 328 g/mol. The minimum Gasteiger partial charge on any atom is -0.432 e. The number of rotatable bonds is 5. The van der Waals surface area contributed by atoms with E-state index in [9.17, 15) is 4.79 Å². The Balaban J connectivity index is 1.99. The van der Waals surface area contributed by atoms with Crippen LogP contribution in [0.2, 0.25) is 0 Å². The Morgan fingerprint density at radius 2 is 1.65 bits per heavy atom. The lowest BCUT2D eigenvalue weighted by molar-refractivity contribution is 0.102. The van der Waals surface area contributed by atoms with Gasteiger partial charge in [-0.05, 0) is 62.5 Å². The molecule has 2 rings (SSSR count). The summed E-state index contributed by atoms with van der Waals surface area (Å²) in [6.07, 6.45) is 0. The first-order valence-corrected chi connectivity index (χ1v) is 7.98. The van der Waals surface area contributed by atoms with Crippen LogP contribution in [0.4, 0.5) is 5.69 Å². The standard InChI is InChI=1S/C18H20N2O2S/c1-3-20(4-2)18(23)22-16-12-10-14(11-13-16)17(21)19-15-8-6-5-7-9-15/h5-13H,3-4H2,1-2H3,(H,19,21). The number of nitrogens with one attached hydrogen (secondary N) is 1. The Hall–Kier alpha value is -2.40. The number of carbonyl (C=O) groups excluding carboxylic acids is 1. The molecule has 0 bridgehead atoms. The number of anilines is 1. The number of para-hydroxylation sites is 1. The van der Waals surface area contributed by atoms with Crippen molar-refractivity contribution in [2.24, 2.45) is 0 Å². The summed E-state index contributed by atoms with van der Waals surface area (Å²) in [5.74, 6) is 0.465. The summed E-state index contributed by atoms with van der Waals surface area (Å²) < 4.78 is 5.64. The molecule has 2 aromatic carbocycles. The highest BCUT2D eigenvalue weighted by Crippen LogP contribution is 2.15. The van der Waals surface area contributed by atoms with Crippen molar-refractivity contribution in [2.75, 3.05) is 18.4 Å². The molecule has 1 amide bonds. The maximum atomic E-state index is 12.2. The monoisotopic (exact) mass is 328 g/mol. The predicted octanol–water partition coefficient (Wildman–Crippen LogP) is 3.94. The van der Waals surface area contributed by atoms with E-state index in [-0.39, 0.29) is 5.91 Å². The molecular formula is C18H20N2O2S. The molecule has 0 aromatic heterocycles. The number of hydrogen-bond acceptors (Lipinski definition) is 3. The summed E-state index contributed by atoms with van der Waals surface area (Å²) in [5.41, 5.74) is 1.33. The van der Waals surface area contributed by atoms with Gasteiger partial charge < -0.3 is 15.0 Å². The van der Waals surface area contributed by atoms with Crippen molar-refractivity contribution in [1.29, 1.82) is 0 Å². The van der Waals surface area contributed by atoms with Gasteiger partial charge in [-0.2, -0.15) is 0 Å². The van der Waals surface area contributed by atoms with Crippen molar-refractivity contribution >= 4 is 29.0 Å². The normalized spacial score (nSPS) is 10.0. The number of amides is 1. The SMILES string of the molecule is CCN(CC)C(=S)Oc1ccc(C(=O)Nc2ccccc2)cc1. The Morgan fingerprint density at radius 3 is 2.22 bits per heavy atom. The maximum absolute atomic E-state index is 12.2. The van der Waals surface area contributed by atoms with Gasteiger partial charge in [0.15, 0.2) is 0 Å². The Labute approximate surface area is 142 Å². The number of ether oxygens (including phenoxy) is 1. The molecule has 0 fully saturated rings. The van der Waals surface area contributed by atoms with E-state index < -0.39 is 0 Å². The molecule has 0 unspecified atom stereocenters. The van der Waals surface area contributed by atoms with Crippen molar-refractivity contribution in [1.82, 2.24) is 4.90 Å². The zero-order valence-corrected chi connectivity index (χ0v) is 14.1. The summed E-state index contributed by atoms with van der Waals surface area (Å²) in [5, 5.41) is 3.28. The van der Waals surface area contributed by atoms with Crippen LogP contribution in [-0.2, 0) is 0 Å². The molecule has 5 heteroatoms. The second kappa shape index (κ2) is 8.29. The maximum Gasteiger partial charge on any atom is 0.264 e. The van der Waals surface area contributed by atoms with Crippen LogP contribution in [0.5, 0.6) is 5.75 Å².